The van der Waals surface area contributed by atoms with Gasteiger partial charge in [0.1, 0.15) is 0 Å². The summed E-state index contributed by atoms with van der Waals surface area (Å²) in [6.45, 7) is 2.53. The molecule has 0 bridgehead atoms. The van der Waals surface area contributed by atoms with Gasteiger partial charge < -0.3 is 5.32 Å². The number of hydrogen-bond acceptors (Lipinski definition) is 1. The van der Waals surface area contributed by atoms with Crippen LogP contribution in [0.2, 0.25) is 0 Å². The molecule has 1 N–H and O–H groups in total. The van der Waals surface area contributed by atoms with E-state index in [4.69, 9.17) is 0 Å². The molecule has 10 heavy (non-hydrogen) atoms. The number of rotatable bonds is 0. The fourth-order valence-corrected chi connectivity index (χ4v) is 3.77. The van der Waals surface area contributed by atoms with Crippen LogP contribution in [0.25, 0.3) is 0 Å². The van der Waals surface area contributed by atoms with E-state index in [0.717, 1.165) is 10.5 Å². The molecule has 2 aliphatic rings. The molecule has 1 aliphatic heterocycles. The minimum Gasteiger partial charge on any atom is -0.316 e. The van der Waals surface area contributed by atoms with Gasteiger partial charge in [0.05, 0.1) is 0 Å². The molecule has 0 radical (unpaired) electrons. The van der Waals surface area contributed by atoms with Crippen molar-refractivity contribution in [2.45, 2.75) is 19.3 Å². The summed E-state index contributed by atoms with van der Waals surface area (Å²) < 4.78 is 0. The van der Waals surface area contributed by atoms with Crippen molar-refractivity contribution in [3.8, 4) is 0 Å². The van der Waals surface area contributed by atoms with E-state index in [1.807, 2.05) is 4.86 Å². The number of nitrogens with one attached hydrogen (secondary N) is 1. The molecule has 2 fully saturated rings. The Morgan fingerprint density at radius 2 is 2.00 bits per heavy atom. The van der Waals surface area contributed by atoms with Crippen LogP contribution in [0.15, 0.2) is 0 Å². The topological polar surface area (TPSA) is 12.0 Å². The van der Waals surface area contributed by atoms with Crippen LogP contribution in [0.3, 0.4) is 0 Å². The molecule has 58 valence electrons. The summed E-state index contributed by atoms with van der Waals surface area (Å²) in [6.07, 6.45) is 4.33. The first-order valence-electron chi connectivity index (χ1n) is 4.20. The van der Waals surface area contributed by atoms with Crippen LogP contribution < -0.4 is 5.32 Å². The molecule has 2 heteroatoms. The Morgan fingerprint density at radius 3 is 2.80 bits per heavy atom. The van der Waals surface area contributed by atoms with Crippen molar-refractivity contribution in [3.63, 3.8) is 0 Å². The summed E-state index contributed by atoms with van der Waals surface area (Å²) in [5.41, 5.74) is 0. The summed E-state index contributed by atoms with van der Waals surface area (Å²) >= 11 is 0. The molecule has 1 aliphatic carbocycles. The zero-order valence-electron chi connectivity index (χ0n) is 6.36. The van der Waals surface area contributed by atoms with Crippen molar-refractivity contribution < 1.29 is 0 Å². The first kappa shape index (κ1) is 6.86. The van der Waals surface area contributed by atoms with Gasteiger partial charge in [0, 0.05) is 12.3 Å². The maximum Gasteiger partial charge on any atom is 0.00377 e. The second-order valence-electron chi connectivity index (χ2n) is 3.04. The predicted molar refractivity (Wildman–Crippen MR) is 49.1 cm³/mol. The van der Waals surface area contributed by atoms with Crippen molar-refractivity contribution in [2.75, 3.05) is 24.6 Å². The third kappa shape index (κ3) is 1.61. The highest BCUT2D eigenvalue weighted by Crippen LogP contribution is 2.30. The molecule has 0 aromatic heterocycles. The Morgan fingerprint density at radius 1 is 1.10 bits per heavy atom. The molecule has 0 aromatic rings. The third-order valence-electron chi connectivity index (χ3n) is 2.13. The summed E-state index contributed by atoms with van der Waals surface area (Å²) in [6, 6.07) is 0. The SMILES string of the molecule is C1CNCCS(=C2CC2)C1. The molecule has 0 aromatic carbocycles. The summed E-state index contributed by atoms with van der Waals surface area (Å²) in [7, 11) is 0.752. The third-order valence-corrected chi connectivity index (χ3v) is 4.84. The zero-order chi connectivity index (χ0) is 6.81. The molecule has 1 heterocycles. The molecule has 0 spiro atoms. The minimum absolute atomic E-state index is 0.752. The van der Waals surface area contributed by atoms with E-state index in [-0.39, 0.29) is 0 Å². The van der Waals surface area contributed by atoms with Gasteiger partial charge >= 0.3 is 0 Å². The summed E-state index contributed by atoms with van der Waals surface area (Å²) in [4.78, 5) is 1.89. The molecule has 0 amide bonds. The van der Waals surface area contributed by atoms with E-state index in [0.29, 0.717) is 0 Å². The van der Waals surface area contributed by atoms with E-state index < -0.39 is 0 Å². The van der Waals surface area contributed by atoms with Crippen molar-refractivity contribution in [3.05, 3.63) is 0 Å². The fraction of sp³-hybridized carbons (Fsp3) is 0.875. The van der Waals surface area contributed by atoms with Gasteiger partial charge in [0.25, 0.3) is 0 Å². The fourth-order valence-electron chi connectivity index (χ4n) is 1.42. The van der Waals surface area contributed by atoms with Gasteiger partial charge in [-0.05, 0) is 36.4 Å². The molecule has 1 atom stereocenters. The average molecular weight is 157 g/mol. The predicted octanol–water partition coefficient (Wildman–Crippen LogP) is 1.21. The van der Waals surface area contributed by atoms with Gasteiger partial charge in [-0.25, -0.2) is 0 Å². The largest absolute Gasteiger partial charge is 0.316 e. The van der Waals surface area contributed by atoms with Crippen molar-refractivity contribution >= 4 is 15.3 Å². The lowest BCUT2D eigenvalue weighted by molar-refractivity contribution is 0.724. The quantitative estimate of drug-likeness (QED) is 0.521. The van der Waals surface area contributed by atoms with Gasteiger partial charge in [0.15, 0.2) is 0 Å². The first-order chi connectivity index (χ1) is 4.97. The van der Waals surface area contributed by atoms with Crippen LogP contribution in [-0.2, 0) is 0 Å². The highest BCUT2D eigenvalue weighted by Gasteiger charge is 2.16. The molecule has 1 saturated heterocycles. The molecule has 1 nitrogen and oxygen atoms in total. The molecule has 2 rings (SSSR count). The van der Waals surface area contributed by atoms with E-state index in [1.54, 1.807) is 0 Å². The first-order valence-corrected chi connectivity index (χ1v) is 5.76. The van der Waals surface area contributed by atoms with E-state index in [2.05, 4.69) is 5.32 Å². The smallest absolute Gasteiger partial charge is 0.00377 e. The molecular weight excluding hydrogens is 142 g/mol. The van der Waals surface area contributed by atoms with E-state index in [9.17, 15) is 0 Å². The Bertz CT molecular complexity index is 147. The van der Waals surface area contributed by atoms with Gasteiger partial charge in [0.2, 0.25) is 0 Å². The lowest BCUT2D eigenvalue weighted by Crippen LogP contribution is -2.15. The van der Waals surface area contributed by atoms with Crippen molar-refractivity contribution in [1.82, 2.24) is 5.32 Å². The maximum absolute atomic E-state index is 3.45. The van der Waals surface area contributed by atoms with Crippen LogP contribution >= 0.6 is 10.5 Å². The van der Waals surface area contributed by atoms with Crippen LogP contribution in [0.4, 0.5) is 0 Å². The Kier molecular flexibility index (Phi) is 2.10. The second-order valence-corrected chi connectivity index (χ2v) is 5.42. The average Bonchev–Trinajstić information content (AvgIpc) is 2.76. The molecular formula is C8H15NS. The van der Waals surface area contributed by atoms with E-state index >= 15 is 0 Å². The minimum atomic E-state index is 0.752. The lowest BCUT2D eigenvalue weighted by atomic mass is 10.5. The van der Waals surface area contributed by atoms with Gasteiger partial charge in [-0.2, -0.15) is 10.5 Å². The van der Waals surface area contributed by atoms with Crippen LogP contribution in [-0.4, -0.2) is 29.5 Å². The summed E-state index contributed by atoms with van der Waals surface area (Å²) in [5.74, 6) is 2.93. The highest BCUT2D eigenvalue weighted by molar-refractivity contribution is 8.16. The number of hydrogen-bond donors (Lipinski definition) is 1. The molecule has 1 unspecified atom stereocenters. The zero-order valence-corrected chi connectivity index (χ0v) is 7.17. The van der Waals surface area contributed by atoms with Crippen LogP contribution in [0.5, 0.6) is 0 Å². The van der Waals surface area contributed by atoms with Gasteiger partial charge in [-0.1, -0.05) is 0 Å². The van der Waals surface area contributed by atoms with Gasteiger partial charge in [-0.3, -0.25) is 0 Å². The monoisotopic (exact) mass is 157 g/mol. The second kappa shape index (κ2) is 3.05. The highest BCUT2D eigenvalue weighted by atomic mass is 32.2. The van der Waals surface area contributed by atoms with Crippen LogP contribution in [0, 0.1) is 0 Å². The standard InChI is InChI=1S/C8H15NS/c1-4-9-5-7-10(6-1)8-2-3-8/h9H,1-7H2. The van der Waals surface area contributed by atoms with E-state index in [1.165, 1.54) is 43.9 Å². The normalized spacial score (nSPS) is 33.6. The summed E-state index contributed by atoms with van der Waals surface area (Å²) in [5, 5.41) is 3.45. The Labute approximate surface area is 65.1 Å². The molecule has 1 saturated carbocycles. The van der Waals surface area contributed by atoms with Gasteiger partial charge in [-0.15, -0.1) is 0 Å². The lowest BCUT2D eigenvalue weighted by Gasteiger charge is -2.01. The van der Waals surface area contributed by atoms with Crippen molar-refractivity contribution in [2.24, 2.45) is 0 Å². The van der Waals surface area contributed by atoms with Crippen molar-refractivity contribution in [1.29, 1.82) is 0 Å². The maximum atomic E-state index is 3.45. The Balaban J connectivity index is 2.00. The van der Waals surface area contributed by atoms with Crippen LogP contribution in [0.1, 0.15) is 19.3 Å². The Hall–Kier alpha value is 0.180.